The predicted octanol–water partition coefficient (Wildman–Crippen LogP) is 2.75. The lowest BCUT2D eigenvalue weighted by molar-refractivity contribution is -0.138. The highest BCUT2D eigenvalue weighted by molar-refractivity contribution is 6.31. The second-order valence-electron chi connectivity index (χ2n) is 5.87. The number of carbonyl (C=O) groups excluding carboxylic acids is 1. The number of halogens is 1. The van der Waals surface area contributed by atoms with Crippen LogP contribution in [0.15, 0.2) is 30.6 Å². The van der Waals surface area contributed by atoms with E-state index in [0.29, 0.717) is 22.9 Å². The molecule has 0 aliphatic heterocycles. The van der Waals surface area contributed by atoms with Gasteiger partial charge in [0.15, 0.2) is 11.5 Å². The van der Waals surface area contributed by atoms with Gasteiger partial charge in [-0.15, -0.1) is 0 Å². The lowest BCUT2D eigenvalue weighted by atomic mass is 10.3. The molecule has 0 saturated heterocycles. The van der Waals surface area contributed by atoms with Crippen LogP contribution in [0.25, 0.3) is 0 Å². The first-order valence-electron chi connectivity index (χ1n) is 7.91. The van der Waals surface area contributed by atoms with Gasteiger partial charge in [0.1, 0.15) is 11.8 Å². The van der Waals surface area contributed by atoms with Crippen molar-refractivity contribution in [3.05, 3.63) is 41.3 Å². The minimum atomic E-state index is -0.832. The fourth-order valence-electron chi connectivity index (χ4n) is 2.38. The van der Waals surface area contributed by atoms with Crippen LogP contribution in [0, 0.1) is 23.2 Å². The zero-order valence-electron chi connectivity index (χ0n) is 13.8. The third-order valence-electron chi connectivity index (χ3n) is 3.89. The van der Waals surface area contributed by atoms with Gasteiger partial charge in [-0.2, -0.15) is 5.26 Å². The molecule has 1 aromatic heterocycles. The minimum Gasteiger partial charge on any atom is -0.491 e. The van der Waals surface area contributed by atoms with Gasteiger partial charge in [-0.25, -0.2) is 14.8 Å². The van der Waals surface area contributed by atoms with Gasteiger partial charge in [0, 0.05) is 10.9 Å². The Hall–Kier alpha value is -3.38. The van der Waals surface area contributed by atoms with Crippen molar-refractivity contribution in [3.8, 4) is 11.8 Å². The number of ether oxygens (including phenoxy) is 1. The van der Waals surface area contributed by atoms with Crippen LogP contribution in [0.2, 0.25) is 5.02 Å². The molecular weight excluding hydrogens is 374 g/mol. The second-order valence-corrected chi connectivity index (χ2v) is 6.31. The van der Waals surface area contributed by atoms with Crippen molar-refractivity contribution in [2.45, 2.75) is 6.42 Å². The van der Waals surface area contributed by atoms with Crippen molar-refractivity contribution in [1.29, 1.82) is 5.26 Å². The van der Waals surface area contributed by atoms with Gasteiger partial charge in [-0.3, -0.25) is 10.1 Å². The summed E-state index contributed by atoms with van der Waals surface area (Å²) in [7, 11) is 0. The molecular formula is C17H14ClN5O4. The lowest BCUT2D eigenvalue weighted by Gasteiger charge is -2.13. The number of carbonyl (C=O) groups is 2. The third-order valence-corrected chi connectivity index (χ3v) is 4.13. The topological polar surface area (TPSA) is 137 Å². The van der Waals surface area contributed by atoms with Crippen molar-refractivity contribution in [3.63, 3.8) is 0 Å². The van der Waals surface area contributed by atoms with E-state index in [2.05, 4.69) is 20.6 Å². The maximum absolute atomic E-state index is 12.2. The third kappa shape index (κ3) is 4.83. The molecule has 1 aromatic carbocycles. The van der Waals surface area contributed by atoms with E-state index in [1.54, 1.807) is 12.1 Å². The molecule has 0 bridgehead atoms. The summed E-state index contributed by atoms with van der Waals surface area (Å²) >= 11 is 5.98. The molecule has 2 amide bonds. The number of nitriles is 1. The molecule has 138 valence electrons. The molecule has 10 heteroatoms. The number of urea groups is 1. The molecule has 2 aromatic rings. The van der Waals surface area contributed by atoms with Crippen LogP contribution in [0.1, 0.15) is 12.1 Å². The summed E-state index contributed by atoms with van der Waals surface area (Å²) in [5, 5.41) is 23.1. The maximum Gasteiger partial charge on any atom is 0.325 e. The van der Waals surface area contributed by atoms with E-state index in [1.807, 2.05) is 6.07 Å². The van der Waals surface area contributed by atoms with E-state index < -0.39 is 12.0 Å². The zero-order valence-corrected chi connectivity index (χ0v) is 14.6. The summed E-state index contributed by atoms with van der Waals surface area (Å²) in [5.74, 6) is -0.725. The van der Waals surface area contributed by atoms with Crippen LogP contribution in [0.4, 0.5) is 16.3 Å². The number of benzene rings is 1. The van der Waals surface area contributed by atoms with Crippen molar-refractivity contribution in [2.24, 2.45) is 11.8 Å². The summed E-state index contributed by atoms with van der Waals surface area (Å²) < 4.78 is 5.65. The summed E-state index contributed by atoms with van der Waals surface area (Å²) in [6, 6.07) is 5.94. The SMILES string of the molecule is N#Cc1cnc(NC(=O)Nc2cc(Cl)ccc2OCC2CC2C(=O)O)cn1. The molecule has 1 heterocycles. The fraction of sp³-hybridized carbons (Fsp3) is 0.235. The fourth-order valence-corrected chi connectivity index (χ4v) is 2.55. The Balaban J connectivity index is 1.62. The zero-order chi connectivity index (χ0) is 19.4. The predicted molar refractivity (Wildman–Crippen MR) is 95.6 cm³/mol. The Morgan fingerprint density at radius 2 is 2.15 bits per heavy atom. The maximum atomic E-state index is 12.2. The second kappa shape index (κ2) is 7.88. The number of aromatic nitrogens is 2. The number of hydrogen-bond donors (Lipinski definition) is 3. The van der Waals surface area contributed by atoms with Crippen LogP contribution in [-0.4, -0.2) is 33.7 Å². The normalized spacial score (nSPS) is 17.5. The molecule has 1 saturated carbocycles. The number of nitrogens with one attached hydrogen (secondary N) is 2. The molecule has 0 radical (unpaired) electrons. The number of hydrogen-bond acceptors (Lipinski definition) is 6. The molecule has 3 N–H and O–H groups in total. The minimum absolute atomic E-state index is 0.0474. The van der Waals surface area contributed by atoms with Gasteiger partial charge in [-0.05, 0) is 24.6 Å². The number of amides is 2. The first kappa shape index (κ1) is 18.4. The highest BCUT2D eigenvalue weighted by atomic mass is 35.5. The average Bonchev–Trinajstić information content (AvgIpc) is 3.42. The molecule has 1 fully saturated rings. The number of aliphatic carboxylic acids is 1. The summed E-state index contributed by atoms with van der Waals surface area (Å²) in [6.07, 6.45) is 3.06. The summed E-state index contributed by atoms with van der Waals surface area (Å²) in [5.41, 5.74) is 0.459. The van der Waals surface area contributed by atoms with E-state index in [1.165, 1.54) is 18.5 Å². The van der Waals surface area contributed by atoms with E-state index in [0.717, 1.165) is 0 Å². The van der Waals surface area contributed by atoms with E-state index >= 15 is 0 Å². The van der Waals surface area contributed by atoms with Crippen molar-refractivity contribution in [1.82, 2.24) is 9.97 Å². The largest absolute Gasteiger partial charge is 0.491 e. The molecule has 9 nitrogen and oxygen atoms in total. The molecule has 3 rings (SSSR count). The first-order chi connectivity index (χ1) is 13.0. The first-order valence-corrected chi connectivity index (χ1v) is 8.29. The Morgan fingerprint density at radius 3 is 2.78 bits per heavy atom. The molecule has 1 aliphatic rings. The van der Waals surface area contributed by atoms with E-state index in [-0.39, 0.29) is 30.0 Å². The van der Waals surface area contributed by atoms with Crippen LogP contribution in [0.3, 0.4) is 0 Å². The van der Waals surface area contributed by atoms with Gasteiger partial charge >= 0.3 is 12.0 Å². The van der Waals surface area contributed by atoms with Crippen LogP contribution in [0.5, 0.6) is 5.75 Å². The summed E-state index contributed by atoms with van der Waals surface area (Å²) in [6.45, 7) is 0.232. The highest BCUT2D eigenvalue weighted by Gasteiger charge is 2.43. The van der Waals surface area contributed by atoms with Gasteiger partial charge < -0.3 is 15.2 Å². The molecule has 1 aliphatic carbocycles. The van der Waals surface area contributed by atoms with Gasteiger partial charge in [0.2, 0.25) is 0 Å². The average molecular weight is 388 g/mol. The van der Waals surface area contributed by atoms with Crippen molar-refractivity contribution >= 4 is 35.1 Å². The quantitative estimate of drug-likeness (QED) is 0.692. The lowest BCUT2D eigenvalue weighted by Crippen LogP contribution is -2.21. The Kier molecular flexibility index (Phi) is 5.38. The number of anilines is 2. The Morgan fingerprint density at radius 1 is 1.33 bits per heavy atom. The number of rotatable bonds is 6. The smallest absolute Gasteiger partial charge is 0.325 e. The van der Waals surface area contributed by atoms with Crippen LogP contribution < -0.4 is 15.4 Å². The number of nitrogens with zero attached hydrogens (tertiary/aromatic N) is 3. The van der Waals surface area contributed by atoms with Gasteiger partial charge in [-0.1, -0.05) is 11.6 Å². The Labute approximate surface area is 159 Å². The number of carboxylic acids is 1. The summed E-state index contributed by atoms with van der Waals surface area (Å²) in [4.78, 5) is 30.7. The van der Waals surface area contributed by atoms with Gasteiger partial charge in [0.25, 0.3) is 0 Å². The standard InChI is InChI=1S/C17H14ClN5O4/c18-10-1-2-14(27-8-9-3-12(9)16(24)25)13(4-10)22-17(26)23-15-7-20-11(5-19)6-21-15/h1-2,4,6-7,9,12H,3,8H2,(H,24,25)(H2,21,22,23,26). The van der Waals surface area contributed by atoms with Crippen LogP contribution in [-0.2, 0) is 4.79 Å². The molecule has 0 spiro atoms. The van der Waals surface area contributed by atoms with E-state index in [9.17, 15) is 9.59 Å². The monoisotopic (exact) mass is 387 g/mol. The molecule has 27 heavy (non-hydrogen) atoms. The van der Waals surface area contributed by atoms with E-state index in [4.69, 9.17) is 26.7 Å². The van der Waals surface area contributed by atoms with Crippen molar-refractivity contribution in [2.75, 3.05) is 17.2 Å². The number of carboxylic acid groups (broad SMARTS) is 1. The highest BCUT2D eigenvalue weighted by Crippen LogP contribution is 2.39. The molecule has 2 unspecified atom stereocenters. The van der Waals surface area contributed by atoms with Crippen molar-refractivity contribution < 1.29 is 19.4 Å². The molecule has 2 atom stereocenters. The van der Waals surface area contributed by atoms with Gasteiger partial charge in [0.05, 0.1) is 30.6 Å². The van der Waals surface area contributed by atoms with Crippen LogP contribution >= 0.6 is 11.6 Å². The Bertz CT molecular complexity index is 913.